The summed E-state index contributed by atoms with van der Waals surface area (Å²) in [7, 11) is 0. The van der Waals surface area contributed by atoms with Crippen molar-refractivity contribution in [2.24, 2.45) is 0 Å². The minimum Gasteiger partial charge on any atom is -1.00 e. The zero-order chi connectivity index (χ0) is 44.9. The molecule has 6 aromatic carbocycles. The zero-order valence-electron chi connectivity index (χ0n) is 37.7. The molecule has 4 aliphatic rings. The largest absolute Gasteiger partial charge is 1.00 e. The topological polar surface area (TPSA) is 114 Å². The van der Waals surface area contributed by atoms with Gasteiger partial charge in [0.05, 0.1) is 18.1 Å². The minimum atomic E-state index is -0.914. The summed E-state index contributed by atoms with van der Waals surface area (Å²) in [6.07, 6.45) is 6.47. The summed E-state index contributed by atoms with van der Waals surface area (Å²) in [4.78, 5) is 37.3. The van der Waals surface area contributed by atoms with E-state index in [1.54, 1.807) is 24.3 Å². The van der Waals surface area contributed by atoms with Gasteiger partial charge in [-0.2, -0.15) is 0 Å². The van der Waals surface area contributed by atoms with Gasteiger partial charge in [-0.15, -0.1) is 0 Å². The van der Waals surface area contributed by atoms with E-state index in [0.29, 0.717) is 35.5 Å². The number of hydrogen-bond donors (Lipinski definition) is 3. The number of fused-ring (bicyclic) bond motifs is 2. The second-order valence-corrected chi connectivity index (χ2v) is 17.2. The van der Waals surface area contributed by atoms with E-state index in [1.165, 1.54) is 12.1 Å². The summed E-state index contributed by atoms with van der Waals surface area (Å²) in [5.41, 5.74) is 6.09. The summed E-state index contributed by atoms with van der Waals surface area (Å²) in [5, 5.41) is 15.7. The van der Waals surface area contributed by atoms with Gasteiger partial charge in [0, 0.05) is 31.8 Å². The number of aryl methyl sites for hydroxylation is 2. The maximum absolute atomic E-state index is 13.9. The van der Waals surface area contributed by atoms with Gasteiger partial charge in [0.25, 0.3) is 11.8 Å². The average Bonchev–Trinajstić information content (AvgIpc) is 3.23. The SMILES string of the molecule is Cc1cc2c(cc1-c1ccc(NC(=O)c3c(F)cccc3F)cc1)OC1(CCC1)CC2=O.Cc1cc2c(cc1-c1ccc(NC(=O)c3c(F)cccc3F)cc1)OC1(CCC1)CC2O.[B].[H-].[Na+]. The van der Waals surface area contributed by atoms with Crippen molar-refractivity contribution < 1.29 is 77.5 Å². The second kappa shape index (κ2) is 19.2. The fraction of sp³-hybridized carbons (Fsp3) is 0.250. The van der Waals surface area contributed by atoms with Gasteiger partial charge in [-0.1, -0.05) is 36.4 Å². The first-order valence-electron chi connectivity index (χ1n) is 21.3. The fourth-order valence-corrected chi connectivity index (χ4v) is 9.08. The number of aliphatic hydroxyl groups excluding tert-OH is 1. The molecule has 2 amide bonds. The Labute approximate surface area is 405 Å². The number of ether oxygens (including phenoxy) is 2. The van der Waals surface area contributed by atoms with Crippen LogP contribution in [0.3, 0.4) is 0 Å². The van der Waals surface area contributed by atoms with Gasteiger partial charge in [-0.3, -0.25) is 14.4 Å². The van der Waals surface area contributed by atoms with Gasteiger partial charge < -0.3 is 26.6 Å². The summed E-state index contributed by atoms with van der Waals surface area (Å²) in [5.74, 6) is -3.87. The third-order valence-corrected chi connectivity index (χ3v) is 12.9. The first kappa shape index (κ1) is 48.2. The van der Waals surface area contributed by atoms with Crippen molar-refractivity contribution in [2.45, 2.75) is 82.5 Å². The van der Waals surface area contributed by atoms with Gasteiger partial charge in [0.1, 0.15) is 57.1 Å². The van der Waals surface area contributed by atoms with Gasteiger partial charge in [-0.05, 0) is 159 Å². The Hall–Kier alpha value is -5.73. The van der Waals surface area contributed by atoms with Crippen LogP contribution in [0.25, 0.3) is 22.3 Å². The number of anilines is 2. The number of amides is 2. The van der Waals surface area contributed by atoms with Crippen LogP contribution in [0.2, 0.25) is 0 Å². The van der Waals surface area contributed by atoms with E-state index in [4.69, 9.17) is 9.47 Å². The van der Waals surface area contributed by atoms with Crippen LogP contribution >= 0.6 is 0 Å². The Kier molecular flexibility index (Phi) is 14.1. The molecule has 8 nitrogen and oxygen atoms in total. The molecule has 2 heterocycles. The molecule has 14 heteroatoms. The van der Waals surface area contributed by atoms with Gasteiger partial charge in [0.15, 0.2) is 5.78 Å². The van der Waals surface area contributed by atoms with Gasteiger partial charge in [-0.25, -0.2) is 17.6 Å². The van der Waals surface area contributed by atoms with Crippen LogP contribution in [0.5, 0.6) is 11.5 Å². The standard InChI is InChI=1S/C26H23F2NO3.C26H21F2NO3.B.Na.H/c2*1-15-12-19-22(30)14-26(10-3-11-26)32-23(19)13-18(15)16-6-8-17(9-7-16)29-25(31)24-20(27)4-2-5-21(24)28;;;/h2,4-9,12-13,22,30H,3,10-11,14H2,1H3,(H,29,31);2,4-9,12-13H,3,10-11,14H2,1H3,(H,29,31);;;/q;;;+1;-1. The molecule has 0 aromatic heterocycles. The molecule has 1 unspecified atom stereocenters. The predicted octanol–water partition coefficient (Wildman–Crippen LogP) is 8.75. The number of aliphatic hydroxyl groups is 1. The number of halogens is 4. The molecular formula is C52H45BF4N2NaO6. The van der Waals surface area contributed by atoms with Crippen LogP contribution in [-0.2, 0) is 0 Å². The smallest absolute Gasteiger partial charge is 1.00 e. The molecule has 1 atom stereocenters. The predicted molar refractivity (Wildman–Crippen MR) is 242 cm³/mol. The summed E-state index contributed by atoms with van der Waals surface area (Å²) in [6, 6.07) is 28.3. The number of Topliss-reactive ketones (excluding diaryl/α,β-unsaturated/α-hetero) is 1. The second-order valence-electron chi connectivity index (χ2n) is 17.2. The molecule has 6 aromatic rings. The van der Waals surface area contributed by atoms with Crippen LogP contribution in [-0.4, -0.2) is 42.3 Å². The Bertz CT molecular complexity index is 2820. The maximum atomic E-state index is 13.9. The number of carbonyl (C=O) groups is 3. The van der Waals surface area contributed by atoms with Crippen LogP contribution in [0, 0.1) is 37.1 Å². The number of ketones is 1. The maximum Gasteiger partial charge on any atom is 1.00 e. The van der Waals surface area contributed by atoms with E-state index < -0.39 is 52.3 Å². The van der Waals surface area contributed by atoms with Crippen molar-refractivity contribution in [3.63, 3.8) is 0 Å². The monoisotopic (exact) mass is 903 g/mol. The number of rotatable bonds is 6. The molecule has 66 heavy (non-hydrogen) atoms. The third kappa shape index (κ3) is 9.44. The molecule has 3 N–H and O–H groups in total. The molecule has 3 radical (unpaired) electrons. The van der Waals surface area contributed by atoms with E-state index >= 15 is 0 Å². The molecule has 331 valence electrons. The van der Waals surface area contributed by atoms with E-state index in [1.807, 2.05) is 62.4 Å². The average molecular weight is 904 g/mol. The first-order valence-corrected chi connectivity index (χ1v) is 21.3. The Morgan fingerprint density at radius 1 is 0.621 bits per heavy atom. The van der Waals surface area contributed by atoms with Crippen LogP contribution < -0.4 is 49.7 Å². The van der Waals surface area contributed by atoms with Gasteiger partial charge in [0.2, 0.25) is 0 Å². The Morgan fingerprint density at radius 2 is 1.05 bits per heavy atom. The quantitative estimate of drug-likeness (QED) is 0.114. The first-order chi connectivity index (χ1) is 30.7. The summed E-state index contributed by atoms with van der Waals surface area (Å²) >= 11 is 0. The van der Waals surface area contributed by atoms with Crippen molar-refractivity contribution in [2.75, 3.05) is 10.6 Å². The molecule has 0 bridgehead atoms. The van der Waals surface area contributed by atoms with Crippen LogP contribution in [0.15, 0.2) is 109 Å². The van der Waals surface area contributed by atoms with Gasteiger partial charge >= 0.3 is 29.6 Å². The van der Waals surface area contributed by atoms with Crippen molar-refractivity contribution in [3.8, 4) is 33.8 Å². The third-order valence-electron chi connectivity index (χ3n) is 12.9. The zero-order valence-corrected chi connectivity index (χ0v) is 38.7. The number of benzene rings is 6. The Balaban J connectivity index is 0.000000212. The molecule has 0 saturated heterocycles. The molecule has 10 rings (SSSR count). The molecule has 2 spiro atoms. The van der Waals surface area contributed by atoms with E-state index in [9.17, 15) is 37.1 Å². The Morgan fingerprint density at radius 3 is 1.48 bits per heavy atom. The molecule has 2 saturated carbocycles. The summed E-state index contributed by atoms with van der Waals surface area (Å²) < 4.78 is 67.9. The fourth-order valence-electron chi connectivity index (χ4n) is 9.08. The van der Waals surface area contributed by atoms with Crippen LogP contribution in [0.1, 0.15) is 107 Å². The minimum absolute atomic E-state index is 0. The van der Waals surface area contributed by atoms with E-state index in [2.05, 4.69) is 10.6 Å². The van der Waals surface area contributed by atoms with Crippen molar-refractivity contribution >= 4 is 37.4 Å². The summed E-state index contributed by atoms with van der Waals surface area (Å²) in [6.45, 7) is 3.92. The molecular weight excluding hydrogens is 858 g/mol. The number of hydrogen-bond acceptors (Lipinski definition) is 6. The van der Waals surface area contributed by atoms with Crippen molar-refractivity contribution in [1.82, 2.24) is 0 Å². The van der Waals surface area contributed by atoms with E-state index in [0.717, 1.165) is 107 Å². The normalized spacial score (nSPS) is 16.8. The van der Waals surface area contributed by atoms with E-state index in [-0.39, 0.29) is 56.4 Å². The van der Waals surface area contributed by atoms with Crippen molar-refractivity contribution in [3.05, 3.63) is 166 Å². The molecule has 2 aliphatic carbocycles. The molecule has 2 fully saturated rings. The number of carbonyl (C=O) groups excluding carboxylic acids is 3. The van der Waals surface area contributed by atoms with Crippen LogP contribution in [0.4, 0.5) is 28.9 Å². The number of nitrogens with one attached hydrogen (secondary N) is 2. The molecule has 2 aliphatic heterocycles. The van der Waals surface area contributed by atoms with Crippen molar-refractivity contribution in [1.29, 1.82) is 0 Å².